The van der Waals surface area contributed by atoms with Crippen LogP contribution in [-0.2, 0) is 4.79 Å². The molecule has 2 rings (SSSR count). The summed E-state index contributed by atoms with van der Waals surface area (Å²) in [6.45, 7) is 0.631. The van der Waals surface area contributed by atoms with Crippen LogP contribution in [0.25, 0.3) is 0 Å². The lowest BCUT2D eigenvalue weighted by molar-refractivity contribution is -0.116. The largest absolute Gasteiger partial charge is 0.497 e. The summed E-state index contributed by atoms with van der Waals surface area (Å²) in [6, 6.07) is 15.1. The Kier molecular flexibility index (Phi) is 5.25. The Balaban J connectivity index is 1.88. The highest BCUT2D eigenvalue weighted by atomic mass is 16.5. The molecular weight excluding hydrogens is 278 g/mol. The van der Waals surface area contributed by atoms with Gasteiger partial charge in [0, 0.05) is 31.8 Å². The van der Waals surface area contributed by atoms with Crippen molar-refractivity contribution in [2.45, 2.75) is 6.42 Å². The van der Waals surface area contributed by atoms with Gasteiger partial charge in [-0.15, -0.1) is 0 Å². The van der Waals surface area contributed by atoms with E-state index >= 15 is 0 Å². The van der Waals surface area contributed by atoms with E-state index in [1.54, 1.807) is 25.3 Å². The zero-order valence-corrected chi connectivity index (χ0v) is 12.9. The number of para-hydroxylation sites is 1. The summed E-state index contributed by atoms with van der Waals surface area (Å²) in [5, 5.41) is 2.82. The predicted octanol–water partition coefficient (Wildman–Crippen LogP) is 2.74. The van der Waals surface area contributed by atoms with Crippen molar-refractivity contribution < 1.29 is 9.53 Å². The molecule has 0 aliphatic rings. The Bertz CT molecular complexity index is 629. The molecule has 0 atom stereocenters. The van der Waals surface area contributed by atoms with Crippen LogP contribution in [0.3, 0.4) is 0 Å². The number of amides is 1. The van der Waals surface area contributed by atoms with Gasteiger partial charge in [0.15, 0.2) is 0 Å². The molecule has 5 heteroatoms. The van der Waals surface area contributed by atoms with Crippen LogP contribution in [-0.4, -0.2) is 26.6 Å². The minimum absolute atomic E-state index is 0.0698. The van der Waals surface area contributed by atoms with Crippen LogP contribution in [0.15, 0.2) is 48.5 Å². The van der Waals surface area contributed by atoms with Gasteiger partial charge in [0.05, 0.1) is 18.5 Å². The highest BCUT2D eigenvalue weighted by Gasteiger charge is 2.08. The molecule has 0 unspecified atom stereocenters. The monoisotopic (exact) mass is 299 g/mol. The van der Waals surface area contributed by atoms with E-state index in [1.807, 2.05) is 42.3 Å². The summed E-state index contributed by atoms with van der Waals surface area (Å²) in [4.78, 5) is 14.1. The normalized spacial score (nSPS) is 10.1. The molecule has 5 nitrogen and oxygen atoms in total. The van der Waals surface area contributed by atoms with E-state index in [-0.39, 0.29) is 5.91 Å². The van der Waals surface area contributed by atoms with E-state index in [4.69, 9.17) is 10.5 Å². The van der Waals surface area contributed by atoms with Crippen molar-refractivity contribution >= 4 is 23.0 Å². The molecule has 3 N–H and O–H groups in total. The second-order valence-corrected chi connectivity index (χ2v) is 5.01. The van der Waals surface area contributed by atoms with Crippen LogP contribution in [0, 0.1) is 0 Å². The number of methoxy groups -OCH3 is 1. The zero-order valence-electron chi connectivity index (χ0n) is 12.9. The Hall–Kier alpha value is -2.69. The lowest BCUT2D eigenvalue weighted by atomic mass is 10.2. The maximum absolute atomic E-state index is 12.0. The van der Waals surface area contributed by atoms with Crippen LogP contribution < -0.4 is 20.7 Å². The maximum Gasteiger partial charge on any atom is 0.226 e. The highest BCUT2D eigenvalue weighted by molar-refractivity contribution is 5.94. The standard InChI is InChI=1S/C17H21N3O2/c1-20(13-6-4-3-5-7-13)11-10-17(21)19-16-9-8-14(22-2)12-15(16)18/h3-9,12H,10-11,18H2,1-2H3,(H,19,21). The van der Waals surface area contributed by atoms with E-state index in [9.17, 15) is 4.79 Å². The Morgan fingerprint density at radius 2 is 1.95 bits per heavy atom. The number of carbonyl (C=O) groups is 1. The second kappa shape index (κ2) is 7.36. The Labute approximate surface area is 130 Å². The molecule has 0 aliphatic carbocycles. The minimum Gasteiger partial charge on any atom is -0.497 e. The molecule has 0 saturated heterocycles. The molecule has 2 aromatic carbocycles. The third-order valence-electron chi connectivity index (χ3n) is 3.40. The third-order valence-corrected chi connectivity index (χ3v) is 3.40. The van der Waals surface area contributed by atoms with Gasteiger partial charge in [-0.25, -0.2) is 0 Å². The first kappa shape index (κ1) is 15.7. The van der Waals surface area contributed by atoms with Crippen LogP contribution in [0.1, 0.15) is 6.42 Å². The first-order chi connectivity index (χ1) is 10.6. The lowest BCUT2D eigenvalue weighted by Crippen LogP contribution is -2.24. The van der Waals surface area contributed by atoms with Gasteiger partial charge in [-0.1, -0.05) is 18.2 Å². The third kappa shape index (κ3) is 4.15. The van der Waals surface area contributed by atoms with Crippen LogP contribution in [0.5, 0.6) is 5.75 Å². The van der Waals surface area contributed by atoms with E-state index < -0.39 is 0 Å². The van der Waals surface area contributed by atoms with Crippen LogP contribution >= 0.6 is 0 Å². The van der Waals surface area contributed by atoms with Gasteiger partial charge in [-0.05, 0) is 24.3 Å². The van der Waals surface area contributed by atoms with Gasteiger partial charge >= 0.3 is 0 Å². The molecule has 116 valence electrons. The van der Waals surface area contributed by atoms with Crippen molar-refractivity contribution in [1.29, 1.82) is 0 Å². The number of nitrogens with zero attached hydrogens (tertiary/aromatic N) is 1. The summed E-state index contributed by atoms with van der Waals surface area (Å²) in [6.07, 6.45) is 0.386. The van der Waals surface area contributed by atoms with Crippen molar-refractivity contribution in [3.8, 4) is 5.75 Å². The molecule has 0 saturated carbocycles. The first-order valence-corrected chi connectivity index (χ1v) is 7.09. The van der Waals surface area contributed by atoms with Crippen LogP contribution in [0.2, 0.25) is 0 Å². The molecule has 22 heavy (non-hydrogen) atoms. The fourth-order valence-corrected chi connectivity index (χ4v) is 2.08. The molecule has 0 radical (unpaired) electrons. The number of carbonyl (C=O) groups excluding carboxylic acids is 1. The topological polar surface area (TPSA) is 67.6 Å². The fraction of sp³-hybridized carbons (Fsp3) is 0.235. The zero-order chi connectivity index (χ0) is 15.9. The maximum atomic E-state index is 12.0. The number of nitrogens with two attached hydrogens (primary N) is 1. The highest BCUT2D eigenvalue weighted by Crippen LogP contribution is 2.24. The molecule has 0 aromatic heterocycles. The molecule has 1 amide bonds. The van der Waals surface area contributed by atoms with E-state index in [0.717, 1.165) is 5.69 Å². The van der Waals surface area contributed by atoms with Crippen LogP contribution in [0.4, 0.5) is 17.1 Å². The number of nitrogens with one attached hydrogen (secondary N) is 1. The summed E-state index contributed by atoms with van der Waals surface area (Å²) in [7, 11) is 3.54. The van der Waals surface area contributed by atoms with Crippen molar-refractivity contribution in [2.75, 3.05) is 36.7 Å². The number of hydrogen-bond acceptors (Lipinski definition) is 4. The predicted molar refractivity (Wildman–Crippen MR) is 90.4 cm³/mol. The smallest absolute Gasteiger partial charge is 0.226 e. The summed E-state index contributed by atoms with van der Waals surface area (Å²) in [5.74, 6) is 0.596. The van der Waals surface area contributed by atoms with Gasteiger partial charge < -0.3 is 20.7 Å². The molecule has 0 bridgehead atoms. The first-order valence-electron chi connectivity index (χ1n) is 7.09. The molecule has 0 heterocycles. The van der Waals surface area contributed by atoms with Gasteiger partial charge in [-0.2, -0.15) is 0 Å². The van der Waals surface area contributed by atoms with E-state index in [1.165, 1.54) is 0 Å². The Morgan fingerprint density at radius 3 is 2.59 bits per heavy atom. The molecule has 0 fully saturated rings. The van der Waals surface area contributed by atoms with Gasteiger partial charge in [-0.3, -0.25) is 4.79 Å². The average Bonchev–Trinajstić information content (AvgIpc) is 2.55. The van der Waals surface area contributed by atoms with Crippen molar-refractivity contribution in [3.05, 3.63) is 48.5 Å². The summed E-state index contributed by atoms with van der Waals surface area (Å²) in [5.41, 5.74) is 8.06. The number of nitrogen functional groups attached to an aromatic ring is 1. The summed E-state index contributed by atoms with van der Waals surface area (Å²) >= 11 is 0. The molecule has 0 spiro atoms. The lowest BCUT2D eigenvalue weighted by Gasteiger charge is -2.19. The number of hydrogen-bond donors (Lipinski definition) is 2. The number of rotatable bonds is 6. The minimum atomic E-state index is -0.0698. The summed E-state index contributed by atoms with van der Waals surface area (Å²) < 4.78 is 5.08. The SMILES string of the molecule is COc1ccc(NC(=O)CCN(C)c2ccccc2)c(N)c1. The Morgan fingerprint density at radius 1 is 1.23 bits per heavy atom. The van der Waals surface area contributed by atoms with Crippen molar-refractivity contribution in [1.82, 2.24) is 0 Å². The van der Waals surface area contributed by atoms with Gasteiger partial charge in [0.1, 0.15) is 5.75 Å². The van der Waals surface area contributed by atoms with Crippen molar-refractivity contribution in [2.24, 2.45) is 0 Å². The molecule has 2 aromatic rings. The number of benzene rings is 2. The average molecular weight is 299 g/mol. The van der Waals surface area contributed by atoms with Crippen molar-refractivity contribution in [3.63, 3.8) is 0 Å². The number of anilines is 3. The van der Waals surface area contributed by atoms with E-state index in [0.29, 0.717) is 30.1 Å². The van der Waals surface area contributed by atoms with Gasteiger partial charge in [0.25, 0.3) is 0 Å². The fourth-order valence-electron chi connectivity index (χ4n) is 2.08. The molecular formula is C17H21N3O2. The number of ether oxygens (including phenoxy) is 1. The molecule has 0 aliphatic heterocycles. The van der Waals surface area contributed by atoms with E-state index in [2.05, 4.69) is 5.32 Å². The second-order valence-electron chi connectivity index (χ2n) is 5.01. The van der Waals surface area contributed by atoms with Gasteiger partial charge in [0.2, 0.25) is 5.91 Å². The quantitative estimate of drug-likeness (QED) is 0.805.